The summed E-state index contributed by atoms with van der Waals surface area (Å²) in [6, 6.07) is -0.871. The Morgan fingerprint density at radius 1 is 1.37 bits per heavy atom. The number of hydrogen-bond acceptors (Lipinski definition) is 3. The summed E-state index contributed by atoms with van der Waals surface area (Å²) in [7, 11) is 0. The molecule has 0 saturated carbocycles. The predicted molar refractivity (Wildman–Crippen MR) is 71.6 cm³/mol. The Bertz CT molecular complexity index is 348. The SMILES string of the molecule is CC(CC(=O)N1C[C@H](O)C[C@@H]1C(=O)O)CC(C)(C)C. The highest BCUT2D eigenvalue weighted by molar-refractivity contribution is 5.84. The molecule has 1 amide bonds. The first kappa shape index (κ1) is 16.0. The van der Waals surface area contributed by atoms with Crippen LogP contribution in [0, 0.1) is 11.3 Å². The van der Waals surface area contributed by atoms with Crippen LogP contribution in [0.3, 0.4) is 0 Å². The summed E-state index contributed by atoms with van der Waals surface area (Å²) < 4.78 is 0. The first-order valence-electron chi connectivity index (χ1n) is 6.80. The Balaban J connectivity index is 2.59. The summed E-state index contributed by atoms with van der Waals surface area (Å²) in [6.07, 6.45) is 0.665. The number of carboxylic acid groups (broad SMARTS) is 1. The van der Waals surface area contributed by atoms with Gasteiger partial charge >= 0.3 is 5.97 Å². The van der Waals surface area contributed by atoms with Gasteiger partial charge < -0.3 is 15.1 Å². The van der Waals surface area contributed by atoms with Crippen LogP contribution in [0.25, 0.3) is 0 Å². The second-order valence-corrected chi connectivity index (χ2v) is 6.86. The van der Waals surface area contributed by atoms with Crippen LogP contribution in [0.5, 0.6) is 0 Å². The van der Waals surface area contributed by atoms with Crippen LogP contribution < -0.4 is 0 Å². The lowest BCUT2D eigenvalue weighted by Gasteiger charge is -2.26. The number of carbonyl (C=O) groups is 2. The number of carboxylic acids is 1. The van der Waals surface area contributed by atoms with Gasteiger partial charge in [-0.3, -0.25) is 4.79 Å². The van der Waals surface area contributed by atoms with Crippen molar-refractivity contribution in [2.45, 2.75) is 59.1 Å². The van der Waals surface area contributed by atoms with Gasteiger partial charge in [0, 0.05) is 19.4 Å². The van der Waals surface area contributed by atoms with Crippen molar-refractivity contribution in [3.8, 4) is 0 Å². The minimum atomic E-state index is -1.03. The molecule has 0 aliphatic carbocycles. The van der Waals surface area contributed by atoms with Crippen molar-refractivity contribution >= 4 is 11.9 Å². The summed E-state index contributed by atoms with van der Waals surface area (Å²) in [6.45, 7) is 8.50. The number of nitrogens with zero attached hydrogens (tertiary/aromatic N) is 1. The fraction of sp³-hybridized carbons (Fsp3) is 0.857. The van der Waals surface area contributed by atoms with E-state index in [1.807, 2.05) is 6.92 Å². The molecule has 0 aromatic rings. The molecule has 1 heterocycles. The molecule has 110 valence electrons. The number of amides is 1. The van der Waals surface area contributed by atoms with Crippen LogP contribution in [0.1, 0.15) is 47.0 Å². The van der Waals surface area contributed by atoms with Crippen molar-refractivity contribution in [2.24, 2.45) is 11.3 Å². The standard InChI is InChI=1S/C14H25NO4/c1-9(7-14(2,3)4)5-12(17)15-8-10(16)6-11(15)13(18)19/h9-11,16H,5-8H2,1-4H3,(H,18,19)/t9?,10-,11-/m1/s1. The topological polar surface area (TPSA) is 77.8 Å². The van der Waals surface area contributed by atoms with Crippen molar-refractivity contribution in [3.05, 3.63) is 0 Å². The molecule has 0 aromatic heterocycles. The Labute approximate surface area is 114 Å². The number of aliphatic hydroxyl groups is 1. The third-order valence-electron chi connectivity index (χ3n) is 3.37. The van der Waals surface area contributed by atoms with E-state index in [4.69, 9.17) is 5.11 Å². The highest BCUT2D eigenvalue weighted by atomic mass is 16.4. The van der Waals surface area contributed by atoms with Crippen LogP contribution in [-0.2, 0) is 9.59 Å². The van der Waals surface area contributed by atoms with Crippen LogP contribution in [0.4, 0.5) is 0 Å². The molecular weight excluding hydrogens is 246 g/mol. The summed E-state index contributed by atoms with van der Waals surface area (Å²) >= 11 is 0. The summed E-state index contributed by atoms with van der Waals surface area (Å²) in [4.78, 5) is 24.5. The molecule has 0 aromatic carbocycles. The van der Waals surface area contributed by atoms with Crippen molar-refractivity contribution in [1.82, 2.24) is 4.90 Å². The molecule has 2 N–H and O–H groups in total. The van der Waals surface area contributed by atoms with Gasteiger partial charge in [0.25, 0.3) is 0 Å². The van der Waals surface area contributed by atoms with Crippen molar-refractivity contribution < 1.29 is 19.8 Å². The predicted octanol–water partition coefficient (Wildman–Crippen LogP) is 1.50. The summed E-state index contributed by atoms with van der Waals surface area (Å²) in [5, 5.41) is 18.6. The van der Waals surface area contributed by atoms with Gasteiger partial charge in [0.2, 0.25) is 5.91 Å². The zero-order valence-electron chi connectivity index (χ0n) is 12.2. The Hall–Kier alpha value is -1.10. The fourth-order valence-electron chi connectivity index (χ4n) is 2.86. The molecule has 3 atom stereocenters. The first-order chi connectivity index (χ1) is 8.60. The Morgan fingerprint density at radius 3 is 2.42 bits per heavy atom. The monoisotopic (exact) mass is 271 g/mol. The van der Waals surface area contributed by atoms with Gasteiger partial charge in [-0.25, -0.2) is 4.79 Å². The van der Waals surface area contributed by atoms with E-state index in [2.05, 4.69) is 20.8 Å². The fourth-order valence-corrected chi connectivity index (χ4v) is 2.86. The molecule has 0 spiro atoms. The number of aliphatic carboxylic acids is 1. The lowest BCUT2D eigenvalue weighted by Crippen LogP contribution is -2.41. The maximum Gasteiger partial charge on any atom is 0.326 e. The minimum absolute atomic E-state index is 0.134. The second kappa shape index (κ2) is 5.90. The van der Waals surface area contributed by atoms with E-state index < -0.39 is 18.1 Å². The number of carbonyl (C=O) groups excluding carboxylic acids is 1. The van der Waals surface area contributed by atoms with E-state index in [-0.39, 0.29) is 30.2 Å². The van der Waals surface area contributed by atoms with E-state index in [9.17, 15) is 14.7 Å². The van der Waals surface area contributed by atoms with E-state index >= 15 is 0 Å². The van der Waals surface area contributed by atoms with Crippen molar-refractivity contribution in [1.29, 1.82) is 0 Å². The summed E-state index contributed by atoms with van der Waals surface area (Å²) in [5.41, 5.74) is 0.149. The largest absolute Gasteiger partial charge is 0.480 e. The van der Waals surface area contributed by atoms with Crippen molar-refractivity contribution in [2.75, 3.05) is 6.54 Å². The van der Waals surface area contributed by atoms with E-state index in [1.54, 1.807) is 0 Å². The molecule has 1 aliphatic rings. The van der Waals surface area contributed by atoms with Gasteiger partial charge in [0.15, 0.2) is 0 Å². The van der Waals surface area contributed by atoms with E-state index in [0.717, 1.165) is 6.42 Å². The molecule has 1 unspecified atom stereocenters. The Kier molecular flexibility index (Phi) is 4.96. The molecule has 0 radical (unpaired) electrons. The van der Waals surface area contributed by atoms with Gasteiger partial charge in [-0.05, 0) is 17.8 Å². The lowest BCUT2D eigenvalue weighted by molar-refractivity contribution is -0.148. The second-order valence-electron chi connectivity index (χ2n) is 6.86. The normalized spacial score (nSPS) is 25.4. The molecular formula is C14H25NO4. The third kappa shape index (κ3) is 4.82. The molecule has 1 rings (SSSR count). The molecule has 1 saturated heterocycles. The number of rotatable bonds is 4. The average molecular weight is 271 g/mol. The molecule has 5 nitrogen and oxygen atoms in total. The number of likely N-dealkylation sites (tertiary alicyclic amines) is 1. The van der Waals surface area contributed by atoms with Crippen LogP contribution in [0.15, 0.2) is 0 Å². The molecule has 19 heavy (non-hydrogen) atoms. The molecule has 1 aliphatic heterocycles. The third-order valence-corrected chi connectivity index (χ3v) is 3.37. The average Bonchev–Trinajstić information content (AvgIpc) is 2.57. The Morgan fingerprint density at radius 2 is 1.95 bits per heavy atom. The zero-order chi connectivity index (χ0) is 14.8. The highest BCUT2D eigenvalue weighted by Crippen LogP contribution is 2.27. The van der Waals surface area contributed by atoms with Gasteiger partial charge in [0.1, 0.15) is 6.04 Å². The number of aliphatic hydroxyl groups excluding tert-OH is 1. The maximum absolute atomic E-state index is 12.2. The van der Waals surface area contributed by atoms with Gasteiger partial charge in [0.05, 0.1) is 6.10 Å². The number of β-amino-alcohol motifs (C(OH)–C–C–N with tert-alkyl or cyclic N) is 1. The molecule has 1 fully saturated rings. The molecule has 0 bridgehead atoms. The van der Waals surface area contributed by atoms with Gasteiger partial charge in [-0.15, -0.1) is 0 Å². The van der Waals surface area contributed by atoms with Crippen molar-refractivity contribution in [3.63, 3.8) is 0 Å². The first-order valence-corrected chi connectivity index (χ1v) is 6.80. The van der Waals surface area contributed by atoms with E-state index in [0.29, 0.717) is 6.42 Å². The summed E-state index contributed by atoms with van der Waals surface area (Å²) in [5.74, 6) is -0.992. The smallest absolute Gasteiger partial charge is 0.326 e. The van der Waals surface area contributed by atoms with Gasteiger partial charge in [-0.1, -0.05) is 27.7 Å². The van der Waals surface area contributed by atoms with E-state index in [1.165, 1.54) is 4.90 Å². The van der Waals surface area contributed by atoms with Crippen LogP contribution in [-0.4, -0.2) is 45.7 Å². The van der Waals surface area contributed by atoms with Crippen LogP contribution >= 0.6 is 0 Å². The van der Waals surface area contributed by atoms with Gasteiger partial charge in [-0.2, -0.15) is 0 Å². The lowest BCUT2D eigenvalue weighted by atomic mass is 9.84. The quantitative estimate of drug-likeness (QED) is 0.812. The number of hydrogen-bond donors (Lipinski definition) is 2. The van der Waals surface area contributed by atoms with Crippen LogP contribution in [0.2, 0.25) is 0 Å². The minimum Gasteiger partial charge on any atom is -0.480 e. The maximum atomic E-state index is 12.2. The zero-order valence-corrected chi connectivity index (χ0v) is 12.2. The highest BCUT2D eigenvalue weighted by Gasteiger charge is 2.39. The molecule has 5 heteroatoms.